The molecule has 4 aromatic rings. The number of aryl methyl sites for hydroxylation is 1. The number of nitrogens with zero attached hydrogens (tertiary/aromatic N) is 5. The third-order valence-electron chi connectivity index (χ3n) is 5.36. The van der Waals surface area contributed by atoms with Crippen LogP contribution in [0.4, 0.5) is 8.78 Å². The smallest absolute Gasteiger partial charge is 0.395 e. The molecule has 11 nitrogen and oxygen atoms in total. The van der Waals surface area contributed by atoms with Gasteiger partial charge in [-0.1, -0.05) is 6.92 Å². The lowest BCUT2D eigenvalue weighted by Crippen LogP contribution is -2.25. The molecule has 0 unspecified atom stereocenters. The molecule has 0 aliphatic carbocycles. The number of carbonyl (C=O) groups excluding carboxylic acids is 1. The quantitative estimate of drug-likeness (QED) is 0.449. The Morgan fingerprint density at radius 1 is 1.21 bits per heavy atom. The van der Waals surface area contributed by atoms with E-state index in [2.05, 4.69) is 29.9 Å². The Morgan fingerprint density at radius 3 is 2.59 bits per heavy atom. The van der Waals surface area contributed by atoms with Crippen LogP contribution in [0.1, 0.15) is 24.3 Å². The van der Waals surface area contributed by atoms with Crippen molar-refractivity contribution in [2.45, 2.75) is 25.2 Å². The Balaban J connectivity index is 1.80. The summed E-state index contributed by atoms with van der Waals surface area (Å²) < 4.78 is 64.6. The van der Waals surface area contributed by atoms with Gasteiger partial charge in [0.1, 0.15) is 17.1 Å². The summed E-state index contributed by atoms with van der Waals surface area (Å²) in [5.74, 6) is -0.922. The van der Waals surface area contributed by atoms with E-state index >= 15 is 0 Å². The molecular formula is C20H18F2N6O5S. The molecule has 4 heterocycles. The summed E-state index contributed by atoms with van der Waals surface area (Å²) in [6.07, 6.45) is -2.42. The molecule has 3 aromatic heterocycles. The molecule has 178 valence electrons. The Hall–Kier alpha value is -3.81. The molecule has 0 fully saturated rings. The van der Waals surface area contributed by atoms with Crippen molar-refractivity contribution in [3.8, 4) is 22.9 Å². The second-order valence-corrected chi connectivity index (χ2v) is 9.65. The number of sulfone groups is 1. The van der Waals surface area contributed by atoms with E-state index in [-0.39, 0.29) is 50.5 Å². The van der Waals surface area contributed by atoms with Crippen LogP contribution in [0, 0.1) is 0 Å². The number of halogens is 2. The number of nitrogens with one attached hydrogen (secondary N) is 1. The van der Waals surface area contributed by atoms with Crippen LogP contribution in [-0.4, -0.2) is 57.1 Å². The number of alkyl halides is 2. The Labute approximate surface area is 191 Å². The highest BCUT2D eigenvalue weighted by atomic mass is 32.2. The molecule has 0 atom stereocenters. The van der Waals surface area contributed by atoms with Gasteiger partial charge in [0.25, 0.3) is 5.91 Å². The number of ether oxygens (including phenoxy) is 2. The number of benzene rings is 1. The van der Waals surface area contributed by atoms with E-state index in [1.807, 2.05) is 0 Å². The summed E-state index contributed by atoms with van der Waals surface area (Å²) in [4.78, 5) is 21.3. The van der Waals surface area contributed by atoms with Crippen LogP contribution in [-0.2, 0) is 16.9 Å². The lowest BCUT2D eigenvalue weighted by molar-refractivity contribution is -0.286. The van der Waals surface area contributed by atoms with Crippen LogP contribution in [0.25, 0.3) is 28.1 Å². The van der Waals surface area contributed by atoms with Crippen molar-refractivity contribution >= 4 is 32.4 Å². The van der Waals surface area contributed by atoms with Crippen molar-refractivity contribution in [2.75, 3.05) is 12.3 Å². The topological polar surface area (TPSA) is 130 Å². The highest BCUT2D eigenvalue weighted by molar-refractivity contribution is 7.91. The van der Waals surface area contributed by atoms with Gasteiger partial charge < -0.3 is 19.4 Å². The van der Waals surface area contributed by atoms with E-state index < -0.39 is 22.0 Å². The number of rotatable bonds is 5. The first kappa shape index (κ1) is 22.0. The number of amides is 1. The number of aromatic nitrogens is 5. The molecule has 0 spiro atoms. The first-order valence-corrected chi connectivity index (χ1v) is 11.9. The molecule has 5 rings (SSSR count). The van der Waals surface area contributed by atoms with Gasteiger partial charge in [-0.3, -0.25) is 4.79 Å². The highest BCUT2D eigenvalue weighted by Crippen LogP contribution is 2.44. The lowest BCUT2D eigenvalue weighted by atomic mass is 10.3. The van der Waals surface area contributed by atoms with Crippen molar-refractivity contribution in [2.24, 2.45) is 7.05 Å². The third kappa shape index (κ3) is 3.24. The second kappa shape index (κ2) is 7.35. The van der Waals surface area contributed by atoms with Crippen LogP contribution in [0.3, 0.4) is 0 Å². The van der Waals surface area contributed by atoms with Crippen molar-refractivity contribution in [3.05, 3.63) is 30.1 Å². The highest BCUT2D eigenvalue weighted by Gasteiger charge is 2.44. The SMILES string of the molecule is CCNC(=O)c1ccnc2c(-c3nc4cc5c(cc4n3C)OC(F)(F)O5)c(S(=O)(=O)CC)nn12. The number of carbonyl (C=O) groups is 1. The monoisotopic (exact) mass is 492 g/mol. The van der Waals surface area contributed by atoms with Crippen LogP contribution in [0.2, 0.25) is 0 Å². The molecule has 1 aliphatic heterocycles. The van der Waals surface area contributed by atoms with E-state index in [0.717, 1.165) is 4.52 Å². The zero-order chi connectivity index (χ0) is 24.4. The van der Waals surface area contributed by atoms with Crippen molar-refractivity contribution in [1.29, 1.82) is 0 Å². The first-order chi connectivity index (χ1) is 16.1. The van der Waals surface area contributed by atoms with Crippen LogP contribution in [0.5, 0.6) is 11.5 Å². The zero-order valence-corrected chi connectivity index (χ0v) is 19.0. The predicted octanol–water partition coefficient (Wildman–Crippen LogP) is 2.15. The van der Waals surface area contributed by atoms with Crippen LogP contribution in [0.15, 0.2) is 29.4 Å². The summed E-state index contributed by atoms with van der Waals surface area (Å²) in [5.41, 5.74) is 0.915. The molecule has 1 amide bonds. The third-order valence-corrected chi connectivity index (χ3v) is 6.99. The second-order valence-electron chi connectivity index (χ2n) is 7.46. The van der Waals surface area contributed by atoms with Crippen LogP contribution < -0.4 is 14.8 Å². The van der Waals surface area contributed by atoms with Gasteiger partial charge in [0, 0.05) is 31.9 Å². The molecule has 34 heavy (non-hydrogen) atoms. The van der Waals surface area contributed by atoms with Crippen molar-refractivity contribution < 1.29 is 31.5 Å². The van der Waals surface area contributed by atoms with E-state index in [1.165, 1.54) is 35.9 Å². The number of imidazole rings is 1. The van der Waals surface area contributed by atoms with Crippen molar-refractivity contribution in [3.63, 3.8) is 0 Å². The minimum Gasteiger partial charge on any atom is -0.395 e. The van der Waals surface area contributed by atoms with Gasteiger partial charge >= 0.3 is 6.29 Å². The number of hydrogen-bond acceptors (Lipinski definition) is 8. The molecule has 0 bridgehead atoms. The van der Waals surface area contributed by atoms with Gasteiger partial charge in [0.2, 0.25) is 0 Å². The lowest BCUT2D eigenvalue weighted by Gasteiger charge is -2.05. The summed E-state index contributed by atoms with van der Waals surface area (Å²) in [7, 11) is -2.29. The van der Waals surface area contributed by atoms with E-state index in [1.54, 1.807) is 14.0 Å². The predicted molar refractivity (Wildman–Crippen MR) is 115 cm³/mol. The Kier molecular flexibility index (Phi) is 4.76. The van der Waals surface area contributed by atoms with Gasteiger partial charge in [-0.2, -0.15) is 5.10 Å². The zero-order valence-electron chi connectivity index (χ0n) is 18.2. The maximum absolute atomic E-state index is 13.5. The van der Waals surface area contributed by atoms with Crippen LogP contribution >= 0.6 is 0 Å². The summed E-state index contributed by atoms with van der Waals surface area (Å²) in [6, 6.07) is 4.03. The normalized spacial score (nSPS) is 14.7. The minimum absolute atomic E-state index is 0.0824. The molecule has 0 saturated heterocycles. The maximum Gasteiger partial charge on any atom is 0.586 e. The Bertz CT molecular complexity index is 1590. The van der Waals surface area contributed by atoms with E-state index in [0.29, 0.717) is 12.1 Å². The Morgan fingerprint density at radius 2 is 1.91 bits per heavy atom. The average molecular weight is 492 g/mol. The maximum atomic E-state index is 13.5. The van der Waals surface area contributed by atoms with E-state index in [9.17, 15) is 22.0 Å². The first-order valence-electron chi connectivity index (χ1n) is 10.2. The van der Waals surface area contributed by atoms with Crippen molar-refractivity contribution in [1.82, 2.24) is 29.5 Å². The summed E-state index contributed by atoms with van der Waals surface area (Å²) in [5, 5.41) is 6.58. The van der Waals surface area contributed by atoms with Gasteiger partial charge in [0.15, 0.2) is 32.0 Å². The number of hydrogen-bond donors (Lipinski definition) is 1. The molecule has 14 heteroatoms. The molecule has 1 aromatic carbocycles. The molecule has 0 saturated carbocycles. The van der Waals surface area contributed by atoms with E-state index in [4.69, 9.17) is 0 Å². The van der Waals surface area contributed by atoms with Gasteiger partial charge in [0.05, 0.1) is 16.8 Å². The fraction of sp³-hybridized carbons (Fsp3) is 0.300. The van der Waals surface area contributed by atoms with Gasteiger partial charge in [-0.15, -0.1) is 8.78 Å². The van der Waals surface area contributed by atoms with Gasteiger partial charge in [-0.05, 0) is 13.0 Å². The standard InChI is InChI=1S/C20H18F2N6O5S/c1-4-23-18(29)11-6-7-24-16-15(19(26-28(11)16)34(30,31)5-2)17-25-10-8-13-14(9-12(10)27(17)3)33-20(21,22)32-13/h6-9H,4-5H2,1-3H3,(H,23,29). The molecule has 1 N–H and O–H groups in total. The summed E-state index contributed by atoms with van der Waals surface area (Å²) in [6.45, 7) is 3.57. The fourth-order valence-electron chi connectivity index (χ4n) is 3.76. The minimum atomic E-state index is -3.88. The number of fused-ring (bicyclic) bond motifs is 3. The molecule has 0 radical (unpaired) electrons. The fourth-order valence-corrected chi connectivity index (χ4v) is 4.73. The summed E-state index contributed by atoms with van der Waals surface area (Å²) >= 11 is 0. The largest absolute Gasteiger partial charge is 0.586 e. The van der Waals surface area contributed by atoms with Gasteiger partial charge in [-0.25, -0.2) is 22.9 Å². The molecular weight excluding hydrogens is 474 g/mol. The molecule has 1 aliphatic rings. The average Bonchev–Trinajstić information content (AvgIpc) is 3.41.